The SMILES string of the molecule is CCOc1ccc(-n2cc(-c3cc4ccccc4oc3=O)[nH]c2=O)cc1. The maximum Gasteiger partial charge on any atom is 0.345 e. The zero-order chi connectivity index (χ0) is 18.1. The van der Waals surface area contributed by atoms with Crippen molar-refractivity contribution >= 4 is 11.0 Å². The van der Waals surface area contributed by atoms with Crippen molar-refractivity contribution in [2.24, 2.45) is 0 Å². The maximum atomic E-state index is 12.3. The van der Waals surface area contributed by atoms with Crippen LogP contribution in [0.2, 0.25) is 0 Å². The van der Waals surface area contributed by atoms with Gasteiger partial charge in [-0.15, -0.1) is 0 Å². The Kier molecular flexibility index (Phi) is 3.93. The molecule has 26 heavy (non-hydrogen) atoms. The Bertz CT molecular complexity index is 1180. The number of aromatic amines is 1. The van der Waals surface area contributed by atoms with Crippen molar-refractivity contribution < 1.29 is 9.15 Å². The fourth-order valence-electron chi connectivity index (χ4n) is 2.84. The summed E-state index contributed by atoms with van der Waals surface area (Å²) in [6.07, 6.45) is 1.60. The van der Waals surface area contributed by atoms with E-state index in [1.165, 1.54) is 4.57 Å². The zero-order valence-electron chi connectivity index (χ0n) is 14.1. The summed E-state index contributed by atoms with van der Waals surface area (Å²) in [5.41, 5.74) is 1.06. The van der Waals surface area contributed by atoms with Crippen LogP contribution in [0.3, 0.4) is 0 Å². The minimum atomic E-state index is -0.496. The lowest BCUT2D eigenvalue weighted by Crippen LogP contribution is -2.14. The first-order valence-corrected chi connectivity index (χ1v) is 8.24. The van der Waals surface area contributed by atoms with Gasteiger partial charge in [-0.2, -0.15) is 0 Å². The molecule has 4 rings (SSSR count). The Morgan fingerprint density at radius 2 is 1.85 bits per heavy atom. The summed E-state index contributed by atoms with van der Waals surface area (Å²) < 4.78 is 12.2. The van der Waals surface area contributed by atoms with Crippen LogP contribution in [0.1, 0.15) is 6.92 Å². The monoisotopic (exact) mass is 348 g/mol. The second-order valence-corrected chi connectivity index (χ2v) is 5.76. The van der Waals surface area contributed by atoms with Gasteiger partial charge in [0.15, 0.2) is 0 Å². The van der Waals surface area contributed by atoms with Crippen molar-refractivity contribution in [3.63, 3.8) is 0 Å². The van der Waals surface area contributed by atoms with Crippen LogP contribution in [0.5, 0.6) is 5.75 Å². The van der Waals surface area contributed by atoms with Gasteiger partial charge in [0.1, 0.15) is 11.3 Å². The van der Waals surface area contributed by atoms with Crippen LogP contribution in [-0.2, 0) is 0 Å². The maximum absolute atomic E-state index is 12.3. The molecule has 2 heterocycles. The van der Waals surface area contributed by atoms with E-state index >= 15 is 0 Å². The first-order valence-electron chi connectivity index (χ1n) is 8.24. The molecule has 2 aromatic heterocycles. The average molecular weight is 348 g/mol. The number of hydrogen-bond acceptors (Lipinski definition) is 4. The van der Waals surface area contributed by atoms with Crippen molar-refractivity contribution in [2.45, 2.75) is 6.92 Å². The molecule has 0 bridgehead atoms. The van der Waals surface area contributed by atoms with Crippen molar-refractivity contribution in [2.75, 3.05) is 6.61 Å². The number of aromatic nitrogens is 2. The van der Waals surface area contributed by atoms with E-state index in [1.54, 1.807) is 48.7 Å². The molecule has 0 unspecified atom stereocenters. The lowest BCUT2D eigenvalue weighted by Gasteiger charge is -2.04. The van der Waals surface area contributed by atoms with Gasteiger partial charge in [-0.3, -0.25) is 4.57 Å². The van der Waals surface area contributed by atoms with Crippen LogP contribution < -0.4 is 16.1 Å². The normalized spacial score (nSPS) is 11.0. The van der Waals surface area contributed by atoms with Crippen LogP contribution in [0.15, 0.2) is 74.8 Å². The molecule has 130 valence electrons. The average Bonchev–Trinajstić information content (AvgIpc) is 3.03. The highest BCUT2D eigenvalue weighted by Gasteiger charge is 2.12. The Labute approximate surface area is 148 Å². The van der Waals surface area contributed by atoms with Gasteiger partial charge in [0.2, 0.25) is 0 Å². The minimum absolute atomic E-state index is 0.311. The molecule has 2 aromatic carbocycles. The molecule has 1 N–H and O–H groups in total. The molecule has 0 aliphatic carbocycles. The van der Waals surface area contributed by atoms with Gasteiger partial charge in [-0.25, -0.2) is 9.59 Å². The van der Waals surface area contributed by atoms with Gasteiger partial charge in [0.05, 0.1) is 23.6 Å². The lowest BCUT2D eigenvalue weighted by molar-refractivity contribution is 0.340. The van der Waals surface area contributed by atoms with Crippen LogP contribution in [0.25, 0.3) is 27.9 Å². The molecular weight excluding hydrogens is 332 g/mol. The highest BCUT2D eigenvalue weighted by atomic mass is 16.5. The number of H-pyrrole nitrogens is 1. The van der Waals surface area contributed by atoms with Crippen LogP contribution in [-0.4, -0.2) is 16.2 Å². The van der Waals surface area contributed by atoms with Crippen molar-refractivity contribution in [1.29, 1.82) is 0 Å². The number of hydrogen-bond donors (Lipinski definition) is 1. The number of imidazole rings is 1. The summed E-state index contributed by atoms with van der Waals surface area (Å²) in [6.45, 7) is 2.48. The summed E-state index contributed by atoms with van der Waals surface area (Å²) in [6, 6.07) is 16.1. The molecule has 0 fully saturated rings. The van der Waals surface area contributed by atoms with Crippen molar-refractivity contribution in [1.82, 2.24) is 9.55 Å². The van der Waals surface area contributed by atoms with E-state index in [2.05, 4.69) is 4.98 Å². The molecule has 0 saturated carbocycles. The molecule has 0 aliphatic rings. The molecule has 0 atom stereocenters. The van der Waals surface area contributed by atoms with E-state index < -0.39 is 5.63 Å². The Morgan fingerprint density at radius 1 is 1.08 bits per heavy atom. The molecule has 0 amide bonds. The Hall–Kier alpha value is -3.54. The number of nitrogens with zero attached hydrogens (tertiary/aromatic N) is 1. The topological polar surface area (TPSA) is 77.2 Å². The van der Waals surface area contributed by atoms with Crippen molar-refractivity contribution in [3.05, 3.63) is 81.7 Å². The summed E-state index contributed by atoms with van der Waals surface area (Å²) in [5.74, 6) is 0.732. The number of fused-ring (bicyclic) bond motifs is 1. The highest BCUT2D eigenvalue weighted by Crippen LogP contribution is 2.20. The fraction of sp³-hybridized carbons (Fsp3) is 0.100. The molecule has 0 radical (unpaired) electrons. The molecule has 6 nitrogen and oxygen atoms in total. The third kappa shape index (κ3) is 2.82. The molecule has 0 aliphatic heterocycles. The third-order valence-electron chi connectivity index (χ3n) is 4.08. The van der Waals surface area contributed by atoms with E-state index in [-0.39, 0.29) is 5.69 Å². The summed E-state index contributed by atoms with van der Waals surface area (Å²) in [5, 5.41) is 0.789. The smallest absolute Gasteiger partial charge is 0.345 e. The minimum Gasteiger partial charge on any atom is -0.494 e. The van der Waals surface area contributed by atoms with Crippen LogP contribution >= 0.6 is 0 Å². The second-order valence-electron chi connectivity index (χ2n) is 5.76. The van der Waals surface area contributed by atoms with E-state index in [9.17, 15) is 9.59 Å². The largest absolute Gasteiger partial charge is 0.494 e. The number of benzene rings is 2. The second kappa shape index (κ2) is 6.40. The van der Waals surface area contributed by atoms with E-state index in [0.29, 0.717) is 29.1 Å². The summed E-state index contributed by atoms with van der Waals surface area (Å²) >= 11 is 0. The Morgan fingerprint density at radius 3 is 2.62 bits per heavy atom. The number of para-hydroxylation sites is 1. The van der Waals surface area contributed by atoms with Gasteiger partial charge in [0.25, 0.3) is 0 Å². The fourth-order valence-corrected chi connectivity index (χ4v) is 2.84. The Balaban J connectivity index is 1.78. The van der Waals surface area contributed by atoms with E-state index in [4.69, 9.17) is 9.15 Å². The third-order valence-corrected chi connectivity index (χ3v) is 4.08. The van der Waals surface area contributed by atoms with E-state index in [0.717, 1.165) is 11.1 Å². The molecule has 0 spiro atoms. The van der Waals surface area contributed by atoms with Crippen molar-refractivity contribution in [3.8, 4) is 22.7 Å². The predicted octanol–water partition coefficient (Wildman–Crippen LogP) is 3.34. The number of nitrogens with one attached hydrogen (secondary N) is 1. The quantitative estimate of drug-likeness (QED) is 0.574. The molecule has 0 saturated heterocycles. The predicted molar refractivity (Wildman–Crippen MR) is 99.0 cm³/mol. The number of rotatable bonds is 4. The van der Waals surface area contributed by atoms with Crippen LogP contribution in [0, 0.1) is 0 Å². The summed E-state index contributed by atoms with van der Waals surface area (Å²) in [4.78, 5) is 27.4. The molecular formula is C20H16N2O4. The van der Waals surface area contributed by atoms with E-state index in [1.807, 2.05) is 19.1 Å². The van der Waals surface area contributed by atoms with Gasteiger partial charge in [0, 0.05) is 11.6 Å². The zero-order valence-corrected chi connectivity index (χ0v) is 14.1. The van der Waals surface area contributed by atoms with Crippen LogP contribution in [0.4, 0.5) is 0 Å². The molecule has 6 heteroatoms. The van der Waals surface area contributed by atoms with Gasteiger partial charge in [-0.1, -0.05) is 18.2 Å². The standard InChI is InChI=1S/C20H16N2O4/c1-2-25-15-9-7-14(8-10-15)22-12-17(21-20(22)24)16-11-13-5-3-4-6-18(13)26-19(16)23/h3-12H,2H2,1H3,(H,21,24). The first kappa shape index (κ1) is 16.0. The summed E-state index contributed by atoms with van der Waals surface area (Å²) in [7, 11) is 0. The van der Waals surface area contributed by atoms with Gasteiger partial charge >= 0.3 is 11.3 Å². The first-order chi connectivity index (χ1) is 12.7. The van der Waals surface area contributed by atoms with Gasteiger partial charge < -0.3 is 14.1 Å². The van der Waals surface area contributed by atoms with Gasteiger partial charge in [-0.05, 0) is 43.3 Å². The highest BCUT2D eigenvalue weighted by molar-refractivity contribution is 5.80. The molecule has 4 aromatic rings. The lowest BCUT2D eigenvalue weighted by atomic mass is 10.1. The number of ether oxygens (including phenoxy) is 1.